The van der Waals surface area contributed by atoms with E-state index >= 15 is 0 Å². The lowest BCUT2D eigenvalue weighted by atomic mass is 10.1. The van der Waals surface area contributed by atoms with Crippen molar-refractivity contribution in [1.29, 1.82) is 0 Å². The minimum absolute atomic E-state index is 0.0251. The third kappa shape index (κ3) is 2.80. The molecule has 0 aliphatic rings. The second-order valence-electron chi connectivity index (χ2n) is 5.23. The first-order chi connectivity index (χ1) is 12.1. The Kier molecular flexibility index (Phi) is 4.38. The van der Waals surface area contributed by atoms with Gasteiger partial charge in [0.25, 0.3) is 5.52 Å². The largest absolute Gasteiger partial charge is 0.805 e. The molecule has 25 heavy (non-hydrogen) atoms. The minimum atomic E-state index is -0.856. The maximum Gasteiger partial charge on any atom is 0.361 e. The molecule has 0 saturated carbocycles. The molecular weight excluding hydrogens is 324 g/mol. The fraction of sp³-hybridized carbons (Fsp3) is 0.167. The highest BCUT2D eigenvalue weighted by atomic mass is 16.5. The van der Waals surface area contributed by atoms with E-state index in [9.17, 15) is 14.9 Å². The molecule has 0 aliphatic carbocycles. The predicted octanol–water partition coefficient (Wildman–Crippen LogP) is 2.75. The van der Waals surface area contributed by atoms with Crippen molar-refractivity contribution in [2.75, 3.05) is 13.7 Å². The van der Waals surface area contributed by atoms with Crippen molar-refractivity contribution in [2.24, 2.45) is 0 Å². The summed E-state index contributed by atoms with van der Waals surface area (Å²) in [6, 6.07) is 13.0. The van der Waals surface area contributed by atoms with E-state index in [0.717, 1.165) is 0 Å². The fourth-order valence-corrected chi connectivity index (χ4v) is 2.63. The molecule has 0 bridgehead atoms. The van der Waals surface area contributed by atoms with E-state index in [2.05, 4.69) is 0 Å². The molecule has 1 aromatic heterocycles. The summed E-state index contributed by atoms with van der Waals surface area (Å²) >= 11 is 0. The Morgan fingerprint density at radius 1 is 1.20 bits per heavy atom. The van der Waals surface area contributed by atoms with Crippen LogP contribution in [0.4, 0.5) is 0 Å². The van der Waals surface area contributed by atoms with Gasteiger partial charge in [0, 0.05) is 17.0 Å². The normalized spacial score (nSPS) is 10.6. The lowest BCUT2D eigenvalue weighted by Gasteiger charge is -2.18. The maximum absolute atomic E-state index is 12.9. The first-order valence-corrected chi connectivity index (χ1v) is 7.67. The molecule has 0 fully saturated rings. The molecule has 0 saturated heterocycles. The summed E-state index contributed by atoms with van der Waals surface area (Å²) in [5.74, 6) is -0.454. The number of carbonyl (C=O) groups is 1. The third-order valence-electron chi connectivity index (χ3n) is 3.77. The number of methoxy groups -OCH3 is 1. The van der Waals surface area contributed by atoms with Crippen LogP contribution in [0.2, 0.25) is 0 Å². The Morgan fingerprint density at radius 3 is 2.56 bits per heavy atom. The molecule has 0 amide bonds. The van der Waals surface area contributed by atoms with E-state index in [1.54, 1.807) is 43.3 Å². The molecule has 128 valence electrons. The molecule has 3 aromatic rings. The molecule has 2 aromatic carbocycles. The smallest absolute Gasteiger partial charge is 0.361 e. The highest BCUT2D eigenvalue weighted by Gasteiger charge is 2.29. The van der Waals surface area contributed by atoms with Crippen LogP contribution >= 0.6 is 0 Å². The molecule has 0 atom stereocenters. The molecule has 7 heteroatoms. The van der Waals surface area contributed by atoms with Gasteiger partial charge in [-0.3, -0.25) is 0 Å². The van der Waals surface area contributed by atoms with Crippen LogP contribution in [0.3, 0.4) is 0 Å². The van der Waals surface area contributed by atoms with Crippen LogP contribution < -0.4 is 9.16 Å². The van der Waals surface area contributed by atoms with Gasteiger partial charge in [-0.05, 0) is 25.1 Å². The van der Waals surface area contributed by atoms with Crippen LogP contribution in [0.15, 0.2) is 48.5 Å². The number of rotatable bonds is 4. The van der Waals surface area contributed by atoms with Gasteiger partial charge < -0.3 is 19.4 Å². The Labute approximate surface area is 143 Å². The molecule has 0 spiro atoms. The lowest BCUT2D eigenvalue weighted by molar-refractivity contribution is -0.452. The molecule has 0 N–H and O–H groups in total. The predicted molar refractivity (Wildman–Crippen MR) is 92.0 cm³/mol. The summed E-state index contributed by atoms with van der Waals surface area (Å²) in [6.45, 7) is 1.71. The van der Waals surface area contributed by atoms with Gasteiger partial charge in [-0.2, -0.15) is 0 Å². The topological polar surface area (TPSA) is 86.5 Å². The highest BCUT2D eigenvalue weighted by molar-refractivity contribution is 5.96. The van der Waals surface area contributed by atoms with Crippen molar-refractivity contribution in [1.82, 2.24) is 4.73 Å². The summed E-state index contributed by atoms with van der Waals surface area (Å²) in [6.07, 6.45) is 0. The second-order valence-corrected chi connectivity index (χ2v) is 5.23. The van der Waals surface area contributed by atoms with Crippen LogP contribution in [-0.2, 0) is 4.74 Å². The van der Waals surface area contributed by atoms with Gasteiger partial charge in [0.15, 0.2) is 0 Å². The van der Waals surface area contributed by atoms with Gasteiger partial charge >= 0.3 is 11.7 Å². The Morgan fingerprint density at radius 2 is 1.92 bits per heavy atom. The maximum atomic E-state index is 12.9. The van der Waals surface area contributed by atoms with Crippen LogP contribution in [0.1, 0.15) is 17.4 Å². The molecule has 0 aliphatic heterocycles. The lowest BCUT2D eigenvalue weighted by Crippen LogP contribution is -2.28. The van der Waals surface area contributed by atoms with E-state index < -0.39 is 5.97 Å². The molecule has 1 heterocycles. The quantitative estimate of drug-likeness (QED) is 0.538. The zero-order chi connectivity index (χ0) is 18.0. The number of aromatic nitrogens is 2. The Hall–Kier alpha value is -3.35. The number of ether oxygens (including phenoxy) is 2. The SMILES string of the molecule is CCOC(=O)c1c(-c2ccccc2)[n+](=O)c2ccc(OC)cc2n1[O-]. The summed E-state index contributed by atoms with van der Waals surface area (Å²) in [4.78, 5) is 25.3. The van der Waals surface area contributed by atoms with Gasteiger partial charge in [-0.25, -0.2) is 4.79 Å². The van der Waals surface area contributed by atoms with Crippen molar-refractivity contribution in [3.8, 4) is 17.0 Å². The Balaban J connectivity index is 2.44. The van der Waals surface area contributed by atoms with Crippen molar-refractivity contribution in [2.45, 2.75) is 6.92 Å². The van der Waals surface area contributed by atoms with E-state index in [1.165, 1.54) is 19.2 Å². The first kappa shape index (κ1) is 16.5. The summed E-state index contributed by atoms with van der Waals surface area (Å²) in [7, 11) is 1.45. The van der Waals surface area contributed by atoms with Crippen molar-refractivity contribution in [3.63, 3.8) is 0 Å². The van der Waals surface area contributed by atoms with Gasteiger partial charge in [0.1, 0.15) is 11.3 Å². The van der Waals surface area contributed by atoms with E-state index in [0.29, 0.717) is 20.5 Å². The number of benzene rings is 2. The minimum Gasteiger partial charge on any atom is -0.805 e. The van der Waals surface area contributed by atoms with Gasteiger partial charge in [0.05, 0.1) is 23.7 Å². The number of nitrogens with zero attached hydrogens (tertiary/aromatic N) is 2. The van der Waals surface area contributed by atoms with Gasteiger partial charge in [0.2, 0.25) is 5.69 Å². The number of hydrogen-bond acceptors (Lipinski definition) is 5. The number of hydrogen-bond donors (Lipinski definition) is 0. The van der Waals surface area contributed by atoms with Gasteiger partial charge in [-0.15, -0.1) is 0 Å². The molecular formula is C18H16N2O5. The van der Waals surface area contributed by atoms with Crippen LogP contribution in [-0.4, -0.2) is 24.4 Å². The Bertz CT molecular complexity index is 996. The van der Waals surface area contributed by atoms with E-state index in [-0.39, 0.29) is 29.0 Å². The van der Waals surface area contributed by atoms with Crippen molar-refractivity contribution >= 4 is 17.0 Å². The zero-order valence-electron chi connectivity index (χ0n) is 13.8. The van der Waals surface area contributed by atoms with Crippen molar-refractivity contribution < 1.29 is 18.7 Å². The number of carbonyl (C=O) groups excluding carboxylic acids is 1. The van der Waals surface area contributed by atoms with Crippen LogP contribution in [0.5, 0.6) is 5.75 Å². The fourth-order valence-electron chi connectivity index (χ4n) is 2.63. The second kappa shape index (κ2) is 6.64. The van der Waals surface area contributed by atoms with E-state index in [1.807, 2.05) is 0 Å². The zero-order valence-corrected chi connectivity index (χ0v) is 13.8. The first-order valence-electron chi connectivity index (χ1n) is 7.67. The van der Waals surface area contributed by atoms with Gasteiger partial charge in [-0.1, -0.05) is 18.2 Å². The number of fused-ring (bicyclic) bond motifs is 1. The highest BCUT2D eigenvalue weighted by Crippen LogP contribution is 2.26. The molecule has 3 rings (SSSR count). The summed E-state index contributed by atoms with van der Waals surface area (Å²) in [5, 5.41) is 12.9. The monoisotopic (exact) mass is 340 g/mol. The van der Waals surface area contributed by atoms with E-state index in [4.69, 9.17) is 9.47 Å². The average Bonchev–Trinajstić information content (AvgIpc) is 2.64. The third-order valence-corrected chi connectivity index (χ3v) is 3.77. The summed E-state index contributed by atoms with van der Waals surface area (Å²) in [5.41, 5.74) is 0.193. The molecule has 7 nitrogen and oxygen atoms in total. The van der Waals surface area contributed by atoms with Crippen molar-refractivity contribution in [3.05, 3.63) is 64.3 Å². The van der Waals surface area contributed by atoms with Crippen LogP contribution in [0.25, 0.3) is 22.3 Å². The standard InChI is InChI=1S/C18H16N2O5/c1-3-25-18(21)17-16(12-7-5-4-6-8-12)19(22)14-10-9-13(24-2)11-15(14)20(17)23/h4-11H,3H2,1-2H3. The number of esters is 1. The molecule has 0 unspecified atom stereocenters. The summed E-state index contributed by atoms with van der Waals surface area (Å²) < 4.78 is 11.1. The van der Waals surface area contributed by atoms with Crippen LogP contribution in [0, 0.1) is 10.1 Å². The molecule has 0 radical (unpaired) electrons. The average molecular weight is 340 g/mol.